The lowest BCUT2D eigenvalue weighted by molar-refractivity contribution is 0.0337. The molecule has 0 aliphatic carbocycles. The summed E-state index contributed by atoms with van der Waals surface area (Å²) < 4.78 is 19.4. The Balaban J connectivity index is 4.37. The summed E-state index contributed by atoms with van der Waals surface area (Å²) in [6, 6.07) is 0. The second kappa shape index (κ2) is 11.0. The van der Waals surface area contributed by atoms with Gasteiger partial charge in [0.2, 0.25) is 0 Å². The van der Waals surface area contributed by atoms with Gasteiger partial charge >= 0.3 is 12.3 Å². The Morgan fingerprint density at radius 3 is 2.14 bits per heavy atom. The molecule has 0 N–H and O–H groups in total. The molecule has 0 radical (unpaired) electrons. The first-order valence-electron chi connectivity index (χ1n) is 7.44. The molecule has 0 saturated carbocycles. The fourth-order valence-electron chi connectivity index (χ4n) is 1.31. The third-order valence-electron chi connectivity index (χ3n) is 2.20. The molecule has 0 aromatic heterocycles. The van der Waals surface area contributed by atoms with Gasteiger partial charge in [0.1, 0.15) is 8.07 Å². The van der Waals surface area contributed by atoms with Gasteiger partial charge in [-0.1, -0.05) is 25.6 Å². The van der Waals surface area contributed by atoms with Crippen molar-refractivity contribution in [2.45, 2.75) is 52.4 Å². The van der Waals surface area contributed by atoms with Gasteiger partial charge in [0, 0.05) is 0 Å². The lowest BCUT2D eigenvalue weighted by atomic mass is 10.2. The van der Waals surface area contributed by atoms with Crippen molar-refractivity contribution in [1.82, 2.24) is 0 Å². The first-order valence-corrected chi connectivity index (χ1v) is 10.9. The Kier molecular flexibility index (Phi) is 10.1. The van der Waals surface area contributed by atoms with E-state index in [9.17, 15) is 9.59 Å². The van der Waals surface area contributed by atoms with Gasteiger partial charge in [0.15, 0.2) is 6.10 Å². The summed E-state index contributed by atoms with van der Waals surface area (Å²) >= 11 is 0. The summed E-state index contributed by atoms with van der Waals surface area (Å²) in [5.74, 6) is 2.98. The monoisotopic (exact) mass is 330 g/mol. The van der Waals surface area contributed by atoms with Gasteiger partial charge in [0.05, 0.1) is 19.8 Å². The van der Waals surface area contributed by atoms with Gasteiger partial charge < -0.3 is 18.9 Å². The van der Waals surface area contributed by atoms with Crippen molar-refractivity contribution in [3.05, 3.63) is 0 Å². The second-order valence-corrected chi connectivity index (χ2v) is 10.2. The fourth-order valence-corrected chi connectivity index (χ4v) is 1.90. The molecule has 22 heavy (non-hydrogen) atoms. The molecule has 1 unspecified atom stereocenters. The molecular formula is C15H26O6Si. The quantitative estimate of drug-likeness (QED) is 0.308. The molecule has 126 valence electrons. The van der Waals surface area contributed by atoms with Crippen molar-refractivity contribution in [2.24, 2.45) is 0 Å². The molecule has 0 spiro atoms. The van der Waals surface area contributed by atoms with Crippen molar-refractivity contribution in [1.29, 1.82) is 0 Å². The van der Waals surface area contributed by atoms with Crippen molar-refractivity contribution in [2.75, 3.05) is 19.8 Å². The van der Waals surface area contributed by atoms with E-state index in [0.717, 1.165) is 0 Å². The van der Waals surface area contributed by atoms with Crippen molar-refractivity contribution in [3.63, 3.8) is 0 Å². The van der Waals surface area contributed by atoms with Gasteiger partial charge in [-0.25, -0.2) is 9.59 Å². The molecule has 0 aromatic rings. The maximum atomic E-state index is 11.4. The van der Waals surface area contributed by atoms with E-state index >= 15 is 0 Å². The smallest absolute Gasteiger partial charge is 0.435 e. The molecule has 0 aliphatic heterocycles. The van der Waals surface area contributed by atoms with Crippen molar-refractivity contribution >= 4 is 20.4 Å². The average Bonchev–Trinajstić information content (AvgIpc) is 2.40. The summed E-state index contributed by atoms with van der Waals surface area (Å²) in [6.07, 6.45) is -1.00. The van der Waals surface area contributed by atoms with Crippen LogP contribution in [-0.4, -0.2) is 46.3 Å². The molecule has 0 fully saturated rings. The van der Waals surface area contributed by atoms with Gasteiger partial charge in [-0.15, -0.1) is 5.54 Å². The van der Waals surface area contributed by atoms with Crippen LogP contribution < -0.4 is 0 Å². The van der Waals surface area contributed by atoms with Crippen LogP contribution in [0.1, 0.15) is 26.7 Å². The SMILES string of the molecule is CCOC(=O)OCCCC(C#C[Si](C)(C)C)OC(=O)OCC. The van der Waals surface area contributed by atoms with Crippen LogP contribution in [0.4, 0.5) is 9.59 Å². The number of rotatable bonds is 7. The summed E-state index contributed by atoms with van der Waals surface area (Å²) in [5.41, 5.74) is 3.16. The van der Waals surface area contributed by atoms with Crippen LogP contribution in [0.15, 0.2) is 0 Å². The van der Waals surface area contributed by atoms with Gasteiger partial charge in [-0.05, 0) is 26.7 Å². The van der Waals surface area contributed by atoms with E-state index in [-0.39, 0.29) is 19.8 Å². The van der Waals surface area contributed by atoms with Crippen LogP contribution in [-0.2, 0) is 18.9 Å². The second-order valence-electron chi connectivity index (χ2n) is 5.48. The number of ether oxygens (including phenoxy) is 4. The Bertz CT molecular complexity index is 404. The van der Waals surface area contributed by atoms with Gasteiger partial charge in [-0.2, -0.15) is 0 Å². The van der Waals surface area contributed by atoms with Crippen LogP contribution in [0, 0.1) is 11.5 Å². The largest absolute Gasteiger partial charge is 0.509 e. The number of hydrogen-bond acceptors (Lipinski definition) is 6. The first-order chi connectivity index (χ1) is 10.3. The Morgan fingerprint density at radius 1 is 1.00 bits per heavy atom. The maximum Gasteiger partial charge on any atom is 0.509 e. The normalized spacial score (nSPS) is 11.7. The molecule has 0 rings (SSSR count). The van der Waals surface area contributed by atoms with Gasteiger partial charge in [-0.3, -0.25) is 0 Å². The maximum absolute atomic E-state index is 11.4. The standard InChI is InChI=1S/C15H26O6Si/c1-6-18-14(16)20-11-8-9-13(10-12-22(3,4)5)21-15(17)19-7-2/h13H,6-9,11H2,1-5H3. The number of carbonyl (C=O) groups excluding carboxylic acids is 2. The molecule has 0 saturated heterocycles. The Hall–Kier alpha value is -1.68. The molecule has 0 aliphatic rings. The molecule has 0 aromatic carbocycles. The minimum Gasteiger partial charge on any atom is -0.435 e. The number of carbonyl (C=O) groups is 2. The molecule has 0 heterocycles. The zero-order valence-electron chi connectivity index (χ0n) is 14.1. The highest BCUT2D eigenvalue weighted by Gasteiger charge is 2.15. The van der Waals surface area contributed by atoms with Crippen LogP contribution in [0.3, 0.4) is 0 Å². The lowest BCUT2D eigenvalue weighted by Crippen LogP contribution is -2.22. The Labute approximate surface area is 133 Å². The van der Waals surface area contributed by atoms with E-state index in [0.29, 0.717) is 12.8 Å². The van der Waals surface area contributed by atoms with Crippen LogP contribution in [0.2, 0.25) is 19.6 Å². The average molecular weight is 330 g/mol. The zero-order chi connectivity index (χ0) is 17.0. The highest BCUT2D eigenvalue weighted by Crippen LogP contribution is 2.06. The summed E-state index contributed by atoms with van der Waals surface area (Å²) in [5, 5.41) is 0. The van der Waals surface area contributed by atoms with E-state index in [1.807, 2.05) is 0 Å². The molecule has 1 atom stereocenters. The van der Waals surface area contributed by atoms with E-state index < -0.39 is 26.5 Å². The Morgan fingerprint density at radius 2 is 1.59 bits per heavy atom. The highest BCUT2D eigenvalue weighted by atomic mass is 28.3. The summed E-state index contributed by atoms with van der Waals surface area (Å²) in [7, 11) is -1.56. The number of hydrogen-bond donors (Lipinski definition) is 0. The molecule has 7 heteroatoms. The van der Waals surface area contributed by atoms with Crippen LogP contribution >= 0.6 is 0 Å². The van der Waals surface area contributed by atoms with Crippen LogP contribution in [0.25, 0.3) is 0 Å². The van der Waals surface area contributed by atoms with Crippen molar-refractivity contribution < 1.29 is 28.5 Å². The summed E-state index contributed by atoms with van der Waals surface area (Å²) in [6.45, 7) is 10.4. The lowest BCUT2D eigenvalue weighted by Gasteiger charge is -2.13. The van der Waals surface area contributed by atoms with E-state index in [2.05, 4.69) is 35.8 Å². The first kappa shape index (κ1) is 20.3. The predicted molar refractivity (Wildman–Crippen MR) is 85.2 cm³/mol. The highest BCUT2D eigenvalue weighted by molar-refractivity contribution is 6.83. The summed E-state index contributed by atoms with van der Waals surface area (Å²) in [4.78, 5) is 22.4. The molecule has 0 amide bonds. The predicted octanol–water partition coefficient (Wildman–Crippen LogP) is 3.36. The minimum absolute atomic E-state index is 0.191. The fraction of sp³-hybridized carbons (Fsp3) is 0.733. The molecular weight excluding hydrogens is 304 g/mol. The van der Waals surface area contributed by atoms with E-state index in [1.165, 1.54) is 0 Å². The third kappa shape index (κ3) is 12.1. The van der Waals surface area contributed by atoms with E-state index in [1.54, 1.807) is 13.8 Å². The molecule has 6 nitrogen and oxygen atoms in total. The third-order valence-corrected chi connectivity index (χ3v) is 3.10. The van der Waals surface area contributed by atoms with Gasteiger partial charge in [0.25, 0.3) is 0 Å². The van der Waals surface area contributed by atoms with E-state index in [4.69, 9.17) is 14.2 Å². The minimum atomic E-state index is -1.56. The topological polar surface area (TPSA) is 71.1 Å². The van der Waals surface area contributed by atoms with Crippen LogP contribution in [0.5, 0.6) is 0 Å². The zero-order valence-corrected chi connectivity index (χ0v) is 15.1. The van der Waals surface area contributed by atoms with Crippen molar-refractivity contribution in [3.8, 4) is 11.5 Å². The molecule has 0 bridgehead atoms.